The largest absolute Gasteiger partial charge is 0.315 e. The third-order valence-electron chi connectivity index (χ3n) is 4.31. The SMILES string of the molecule is C[C@@]12CCC(=O)N1[C@H](C(=O)Nc1nc(-c3ccc(Cl)s3)cs1)CS2. The van der Waals surface area contributed by atoms with E-state index in [0.717, 1.165) is 17.0 Å². The maximum Gasteiger partial charge on any atom is 0.249 e. The Morgan fingerprint density at radius 3 is 3.08 bits per heavy atom. The number of amides is 2. The molecule has 0 saturated carbocycles. The fourth-order valence-electron chi connectivity index (χ4n) is 3.10. The van der Waals surface area contributed by atoms with Crippen molar-refractivity contribution in [3.05, 3.63) is 21.8 Å². The molecule has 2 fully saturated rings. The molecule has 0 unspecified atom stereocenters. The summed E-state index contributed by atoms with van der Waals surface area (Å²) in [6.45, 7) is 2.04. The zero-order chi connectivity index (χ0) is 16.9. The van der Waals surface area contributed by atoms with E-state index in [0.29, 0.717) is 21.6 Å². The Morgan fingerprint density at radius 2 is 2.33 bits per heavy atom. The van der Waals surface area contributed by atoms with Gasteiger partial charge in [-0.3, -0.25) is 9.59 Å². The Morgan fingerprint density at radius 1 is 1.50 bits per heavy atom. The first kappa shape index (κ1) is 16.4. The van der Waals surface area contributed by atoms with E-state index < -0.39 is 6.04 Å². The number of carbonyl (C=O) groups is 2. The van der Waals surface area contributed by atoms with Gasteiger partial charge in [-0.15, -0.1) is 34.4 Å². The molecule has 2 aromatic heterocycles. The van der Waals surface area contributed by atoms with Crippen LogP contribution in [0.3, 0.4) is 0 Å². The highest BCUT2D eigenvalue weighted by Gasteiger charge is 2.52. The Balaban J connectivity index is 1.49. The lowest BCUT2D eigenvalue weighted by Crippen LogP contribution is -2.48. The van der Waals surface area contributed by atoms with Crippen LogP contribution < -0.4 is 5.32 Å². The number of anilines is 1. The van der Waals surface area contributed by atoms with Crippen molar-refractivity contribution in [3.63, 3.8) is 0 Å². The molecule has 2 aliphatic heterocycles. The molecule has 1 N–H and O–H groups in total. The molecule has 2 aromatic rings. The average molecular weight is 400 g/mol. The maximum absolute atomic E-state index is 12.6. The minimum absolute atomic E-state index is 0.0655. The number of rotatable bonds is 3. The van der Waals surface area contributed by atoms with E-state index in [1.807, 2.05) is 24.4 Å². The lowest BCUT2D eigenvalue weighted by Gasteiger charge is -2.29. The van der Waals surface area contributed by atoms with Crippen molar-refractivity contribution in [2.75, 3.05) is 11.1 Å². The van der Waals surface area contributed by atoms with Crippen LogP contribution in [-0.2, 0) is 9.59 Å². The van der Waals surface area contributed by atoms with Crippen molar-refractivity contribution in [1.29, 1.82) is 0 Å². The van der Waals surface area contributed by atoms with Gasteiger partial charge in [-0.25, -0.2) is 4.98 Å². The summed E-state index contributed by atoms with van der Waals surface area (Å²) in [6, 6.07) is 3.32. The van der Waals surface area contributed by atoms with Gasteiger partial charge in [-0.2, -0.15) is 0 Å². The summed E-state index contributed by atoms with van der Waals surface area (Å²) in [7, 11) is 0. The molecule has 0 bridgehead atoms. The van der Waals surface area contributed by atoms with Crippen LogP contribution in [0.15, 0.2) is 17.5 Å². The van der Waals surface area contributed by atoms with Gasteiger partial charge in [0, 0.05) is 17.6 Å². The van der Waals surface area contributed by atoms with Gasteiger partial charge in [0.15, 0.2) is 5.13 Å². The van der Waals surface area contributed by atoms with Crippen LogP contribution in [0.5, 0.6) is 0 Å². The third kappa shape index (κ3) is 2.75. The minimum Gasteiger partial charge on any atom is -0.315 e. The monoisotopic (exact) mass is 399 g/mol. The Bertz CT molecular complexity index is 821. The van der Waals surface area contributed by atoms with E-state index >= 15 is 0 Å². The molecule has 2 atom stereocenters. The normalized spacial score (nSPS) is 26.0. The number of hydrogen-bond acceptors (Lipinski definition) is 6. The summed E-state index contributed by atoms with van der Waals surface area (Å²) in [4.78, 5) is 31.7. The van der Waals surface area contributed by atoms with Gasteiger partial charge < -0.3 is 10.2 Å². The number of thioether (sulfide) groups is 1. The second kappa shape index (κ2) is 6.01. The number of thiophene rings is 1. The molecule has 2 aliphatic rings. The summed E-state index contributed by atoms with van der Waals surface area (Å²) < 4.78 is 0.707. The van der Waals surface area contributed by atoms with Crippen LogP contribution in [0.25, 0.3) is 10.6 Å². The van der Waals surface area contributed by atoms with Gasteiger partial charge in [0.05, 0.1) is 19.8 Å². The number of halogens is 1. The fraction of sp³-hybridized carbons (Fsp3) is 0.400. The zero-order valence-electron chi connectivity index (χ0n) is 12.7. The summed E-state index contributed by atoms with van der Waals surface area (Å²) in [5.74, 6) is 0.537. The lowest BCUT2D eigenvalue weighted by atomic mass is 10.2. The van der Waals surface area contributed by atoms with Crippen LogP contribution in [-0.4, -0.2) is 38.4 Å². The predicted octanol–water partition coefficient (Wildman–Crippen LogP) is 3.92. The standard InChI is InChI=1S/C15H14ClN3O2S3/c1-15-5-4-12(20)19(15)9(7-23-15)13(21)18-14-17-8(6-22-14)10-2-3-11(16)24-10/h2-3,6,9H,4-5,7H2,1H3,(H,17,18,21)/t9-,15+/m0/s1. The van der Waals surface area contributed by atoms with Gasteiger partial charge in [-0.1, -0.05) is 11.6 Å². The number of carbonyl (C=O) groups excluding carboxylic acids is 2. The smallest absolute Gasteiger partial charge is 0.249 e. The van der Waals surface area contributed by atoms with Crippen LogP contribution in [0, 0.1) is 0 Å². The number of fused-ring (bicyclic) bond motifs is 1. The fourth-order valence-corrected chi connectivity index (χ4v) is 6.32. The molecule has 0 spiro atoms. The average Bonchev–Trinajstić information content (AvgIpc) is 3.27. The molecule has 0 aromatic carbocycles. The van der Waals surface area contributed by atoms with E-state index in [-0.39, 0.29) is 16.7 Å². The van der Waals surface area contributed by atoms with Crippen molar-refractivity contribution < 1.29 is 9.59 Å². The summed E-state index contributed by atoms with van der Waals surface area (Å²) in [6.07, 6.45) is 1.33. The summed E-state index contributed by atoms with van der Waals surface area (Å²) in [5.41, 5.74) is 0.801. The van der Waals surface area contributed by atoms with Crippen LogP contribution >= 0.6 is 46.0 Å². The molecule has 2 amide bonds. The van der Waals surface area contributed by atoms with Crippen molar-refractivity contribution in [1.82, 2.24) is 9.88 Å². The predicted molar refractivity (Wildman–Crippen MR) is 99.8 cm³/mol. The van der Waals surface area contributed by atoms with Gasteiger partial charge in [0.25, 0.3) is 0 Å². The highest BCUT2D eigenvalue weighted by atomic mass is 35.5. The zero-order valence-corrected chi connectivity index (χ0v) is 15.9. The van der Waals surface area contributed by atoms with Gasteiger partial charge in [0.1, 0.15) is 6.04 Å². The molecular formula is C15H14ClN3O2S3. The van der Waals surface area contributed by atoms with E-state index in [1.165, 1.54) is 22.7 Å². The van der Waals surface area contributed by atoms with E-state index in [2.05, 4.69) is 10.3 Å². The van der Waals surface area contributed by atoms with Gasteiger partial charge in [0.2, 0.25) is 11.8 Å². The Hall–Kier alpha value is -1.09. The lowest BCUT2D eigenvalue weighted by molar-refractivity contribution is -0.135. The second-order valence-electron chi connectivity index (χ2n) is 5.90. The van der Waals surface area contributed by atoms with Crippen LogP contribution in [0.4, 0.5) is 5.13 Å². The van der Waals surface area contributed by atoms with Crippen LogP contribution in [0.1, 0.15) is 19.8 Å². The minimum atomic E-state index is -0.418. The third-order valence-corrected chi connectivity index (χ3v) is 7.82. The highest BCUT2D eigenvalue weighted by molar-refractivity contribution is 8.01. The molecule has 0 radical (unpaired) electrons. The summed E-state index contributed by atoms with van der Waals surface area (Å²) in [5, 5.41) is 5.31. The van der Waals surface area contributed by atoms with E-state index in [4.69, 9.17) is 11.6 Å². The van der Waals surface area contributed by atoms with Gasteiger partial charge >= 0.3 is 0 Å². The molecule has 9 heteroatoms. The highest BCUT2D eigenvalue weighted by Crippen LogP contribution is 2.47. The van der Waals surface area contributed by atoms with Crippen LogP contribution in [0.2, 0.25) is 4.34 Å². The van der Waals surface area contributed by atoms with E-state index in [9.17, 15) is 9.59 Å². The van der Waals surface area contributed by atoms with Gasteiger partial charge in [-0.05, 0) is 25.5 Å². The molecular weight excluding hydrogens is 386 g/mol. The number of hydrogen-bond donors (Lipinski definition) is 1. The molecule has 2 saturated heterocycles. The van der Waals surface area contributed by atoms with Crippen molar-refractivity contribution in [3.8, 4) is 10.6 Å². The first-order valence-electron chi connectivity index (χ1n) is 7.44. The maximum atomic E-state index is 12.6. The van der Waals surface area contributed by atoms with Crippen molar-refractivity contribution >= 4 is 63.0 Å². The quantitative estimate of drug-likeness (QED) is 0.849. The molecule has 24 heavy (non-hydrogen) atoms. The van der Waals surface area contributed by atoms with Crippen molar-refractivity contribution in [2.45, 2.75) is 30.7 Å². The Kier molecular flexibility index (Phi) is 4.11. The van der Waals surface area contributed by atoms with Crippen molar-refractivity contribution in [2.24, 2.45) is 0 Å². The number of nitrogens with zero attached hydrogens (tertiary/aromatic N) is 2. The number of thiazole rings is 1. The number of nitrogens with one attached hydrogen (secondary N) is 1. The topological polar surface area (TPSA) is 62.3 Å². The molecule has 0 aliphatic carbocycles. The second-order valence-corrected chi connectivity index (χ2v) is 9.97. The molecule has 4 heterocycles. The molecule has 4 rings (SSSR count). The molecule has 5 nitrogen and oxygen atoms in total. The number of aromatic nitrogens is 1. The first-order valence-corrected chi connectivity index (χ1v) is 10.5. The Labute approximate surface area is 156 Å². The van der Waals surface area contributed by atoms with E-state index in [1.54, 1.807) is 16.7 Å². The molecule has 126 valence electrons. The first-order chi connectivity index (χ1) is 11.5. The summed E-state index contributed by atoms with van der Waals surface area (Å²) >= 11 is 10.5.